The molecule has 266 valence electrons. The summed E-state index contributed by atoms with van der Waals surface area (Å²) in [4.78, 5) is 5.21. The molecule has 0 atom stereocenters. The average molecular weight is 727 g/mol. The zero-order valence-electron chi connectivity index (χ0n) is 31.6. The van der Waals surface area contributed by atoms with E-state index in [0.717, 1.165) is 27.6 Å². The van der Waals surface area contributed by atoms with Crippen molar-refractivity contribution >= 4 is 89.7 Å². The van der Waals surface area contributed by atoms with Gasteiger partial charge in [0.2, 0.25) is 0 Å². The van der Waals surface area contributed by atoms with Crippen molar-refractivity contribution in [3.05, 3.63) is 187 Å². The van der Waals surface area contributed by atoms with E-state index in [0.29, 0.717) is 0 Å². The third-order valence-electron chi connectivity index (χ3n) is 13.2. The van der Waals surface area contributed by atoms with Crippen molar-refractivity contribution < 1.29 is 4.42 Å². The first-order valence-corrected chi connectivity index (χ1v) is 20.0. The number of anilines is 5. The van der Waals surface area contributed by atoms with Gasteiger partial charge in [-0.1, -0.05) is 141 Å². The van der Waals surface area contributed by atoms with Gasteiger partial charge >= 0.3 is 6.85 Å². The van der Waals surface area contributed by atoms with Gasteiger partial charge in [-0.25, -0.2) is 0 Å². The number of nitrogens with zero attached hydrogens (tertiary/aromatic N) is 2. The van der Waals surface area contributed by atoms with E-state index in [4.69, 9.17) is 4.42 Å². The summed E-state index contributed by atoms with van der Waals surface area (Å²) >= 11 is 0. The van der Waals surface area contributed by atoms with E-state index in [1.165, 1.54) is 88.6 Å². The number of hydrogen-bond donors (Lipinski definition) is 0. The van der Waals surface area contributed by atoms with Crippen LogP contribution in [0.3, 0.4) is 0 Å². The maximum absolute atomic E-state index is 6.82. The van der Waals surface area contributed by atoms with Crippen molar-refractivity contribution in [2.24, 2.45) is 0 Å². The molecule has 4 heterocycles. The Kier molecular flexibility index (Phi) is 6.05. The van der Waals surface area contributed by atoms with Gasteiger partial charge in [0.25, 0.3) is 0 Å². The van der Waals surface area contributed by atoms with Crippen molar-refractivity contribution in [1.29, 1.82) is 0 Å². The first-order chi connectivity index (χ1) is 28.0. The van der Waals surface area contributed by atoms with Gasteiger partial charge in [0, 0.05) is 44.5 Å². The molecule has 0 amide bonds. The molecule has 4 heteroatoms. The molecule has 0 N–H and O–H groups in total. The fraction of sp³-hybridized carbons (Fsp3) is 0.0566. The standard InChI is InChI=1S/C53H35BN2O/c1-53(2)42-19-10-11-22-45(42)55-47-28-36-17-8-9-18-38(36)50-41-31-49-40(39-27-34-15-6-7-16-35(34)29-48(39)57-49)30-46(41)56(54(51(47)50)44-21-12-20-43(53)52(44)55)37-25-23-33(24-26-37)32-13-4-3-5-14-32/h3-31H,1-2H3. The number of benzene rings is 9. The molecule has 0 aliphatic carbocycles. The van der Waals surface area contributed by atoms with Crippen LogP contribution in [0.1, 0.15) is 25.0 Å². The number of furan rings is 1. The van der Waals surface area contributed by atoms with Crippen LogP contribution in [0, 0.1) is 0 Å². The van der Waals surface area contributed by atoms with Crippen molar-refractivity contribution in [1.82, 2.24) is 0 Å². The van der Waals surface area contributed by atoms with Crippen LogP contribution in [-0.4, -0.2) is 6.85 Å². The Bertz CT molecular complexity index is 3340. The van der Waals surface area contributed by atoms with E-state index in [1.807, 2.05) is 0 Å². The van der Waals surface area contributed by atoms with Crippen LogP contribution in [0.25, 0.3) is 65.7 Å². The summed E-state index contributed by atoms with van der Waals surface area (Å²) in [5, 5.41) is 7.16. The fourth-order valence-corrected chi connectivity index (χ4v) is 10.5. The van der Waals surface area contributed by atoms with E-state index in [2.05, 4.69) is 199 Å². The van der Waals surface area contributed by atoms with Crippen LogP contribution in [0.4, 0.5) is 28.4 Å². The molecule has 10 aromatic rings. The molecular formula is C53H35BN2O. The highest BCUT2D eigenvalue weighted by atomic mass is 16.3. The SMILES string of the molecule is CC1(C)c2ccccc2N2c3cc4ccccc4c4c3B(c3cccc1c32)N(c1ccc(-c2ccccc2)cc1)c1cc2c(cc1-4)oc1cc3ccccc3cc12. The summed E-state index contributed by atoms with van der Waals surface area (Å²) in [5.74, 6) is 0. The normalized spacial score (nSPS) is 14.5. The molecule has 13 rings (SSSR count). The predicted octanol–water partition coefficient (Wildman–Crippen LogP) is 12.9. The first-order valence-electron chi connectivity index (χ1n) is 20.0. The lowest BCUT2D eigenvalue weighted by atomic mass is 9.42. The third-order valence-corrected chi connectivity index (χ3v) is 13.2. The van der Waals surface area contributed by atoms with Crippen molar-refractivity contribution in [3.8, 4) is 22.3 Å². The van der Waals surface area contributed by atoms with Gasteiger partial charge in [-0.15, -0.1) is 0 Å². The van der Waals surface area contributed by atoms with Crippen molar-refractivity contribution in [2.75, 3.05) is 9.71 Å². The van der Waals surface area contributed by atoms with Gasteiger partial charge in [-0.3, -0.25) is 0 Å². The molecule has 0 unspecified atom stereocenters. The van der Waals surface area contributed by atoms with Crippen LogP contribution in [0.2, 0.25) is 0 Å². The predicted molar refractivity (Wildman–Crippen MR) is 240 cm³/mol. The van der Waals surface area contributed by atoms with Gasteiger partial charge in [-0.05, 0) is 109 Å². The Morgan fingerprint density at radius 2 is 1.16 bits per heavy atom. The minimum absolute atomic E-state index is 0.0848. The lowest BCUT2D eigenvalue weighted by Crippen LogP contribution is -2.62. The number of para-hydroxylation sites is 2. The zero-order chi connectivity index (χ0) is 37.6. The zero-order valence-corrected chi connectivity index (χ0v) is 31.6. The summed E-state index contributed by atoms with van der Waals surface area (Å²) in [5.41, 5.74) is 18.0. The van der Waals surface area contributed by atoms with E-state index in [1.54, 1.807) is 0 Å². The molecular weight excluding hydrogens is 691 g/mol. The van der Waals surface area contributed by atoms with E-state index >= 15 is 0 Å². The van der Waals surface area contributed by atoms with Gasteiger partial charge in [0.05, 0.1) is 5.69 Å². The Morgan fingerprint density at radius 3 is 2.00 bits per heavy atom. The minimum atomic E-state index is -0.186. The summed E-state index contributed by atoms with van der Waals surface area (Å²) in [6.07, 6.45) is 0. The molecule has 3 aliphatic rings. The maximum atomic E-state index is 6.82. The molecule has 57 heavy (non-hydrogen) atoms. The Hall–Kier alpha value is -7.04. The molecule has 0 saturated carbocycles. The number of fused-ring (bicyclic) bond motifs is 12. The smallest absolute Gasteiger partial charge is 0.333 e. The lowest BCUT2D eigenvalue weighted by molar-refractivity contribution is 0.632. The van der Waals surface area contributed by atoms with E-state index < -0.39 is 0 Å². The topological polar surface area (TPSA) is 19.6 Å². The molecule has 0 radical (unpaired) electrons. The fourth-order valence-electron chi connectivity index (χ4n) is 10.5. The van der Waals surface area contributed by atoms with Crippen LogP contribution in [-0.2, 0) is 5.41 Å². The Balaban J connectivity index is 1.18. The Labute approximate surface area is 331 Å². The van der Waals surface area contributed by atoms with Crippen LogP contribution in [0.5, 0.6) is 0 Å². The number of hydrogen-bond acceptors (Lipinski definition) is 3. The summed E-state index contributed by atoms with van der Waals surface area (Å²) in [6.45, 7) is 4.69. The second-order valence-corrected chi connectivity index (χ2v) is 16.5. The molecule has 3 nitrogen and oxygen atoms in total. The van der Waals surface area contributed by atoms with Crippen LogP contribution < -0.4 is 20.6 Å². The molecule has 1 aromatic heterocycles. The molecule has 0 saturated heterocycles. The van der Waals surface area contributed by atoms with Gasteiger partial charge in [0.1, 0.15) is 11.2 Å². The van der Waals surface area contributed by atoms with Crippen LogP contribution in [0.15, 0.2) is 180 Å². The summed E-state index contributed by atoms with van der Waals surface area (Å²) < 4.78 is 6.82. The molecule has 3 aliphatic heterocycles. The second kappa shape index (κ2) is 11.1. The second-order valence-electron chi connectivity index (χ2n) is 16.5. The summed E-state index contributed by atoms with van der Waals surface area (Å²) in [7, 11) is 0. The first kappa shape index (κ1) is 31.2. The molecule has 0 bridgehead atoms. The highest BCUT2D eigenvalue weighted by Crippen LogP contribution is 2.56. The highest BCUT2D eigenvalue weighted by Gasteiger charge is 2.49. The molecule has 0 spiro atoms. The van der Waals surface area contributed by atoms with E-state index in [9.17, 15) is 0 Å². The third kappa shape index (κ3) is 4.12. The minimum Gasteiger partial charge on any atom is -0.456 e. The van der Waals surface area contributed by atoms with Gasteiger partial charge < -0.3 is 14.1 Å². The largest absolute Gasteiger partial charge is 0.456 e. The van der Waals surface area contributed by atoms with E-state index in [-0.39, 0.29) is 12.3 Å². The number of rotatable bonds is 2. The highest BCUT2D eigenvalue weighted by molar-refractivity contribution is 6.94. The van der Waals surface area contributed by atoms with Crippen molar-refractivity contribution in [3.63, 3.8) is 0 Å². The van der Waals surface area contributed by atoms with Gasteiger partial charge in [0.15, 0.2) is 0 Å². The maximum Gasteiger partial charge on any atom is 0.333 e. The lowest BCUT2D eigenvalue weighted by Gasteiger charge is -2.50. The van der Waals surface area contributed by atoms with Crippen LogP contribution >= 0.6 is 0 Å². The summed E-state index contributed by atoms with van der Waals surface area (Å²) in [6, 6.07) is 65.2. The quantitative estimate of drug-likeness (QED) is 0.165. The molecule has 9 aromatic carbocycles. The molecule has 0 fully saturated rings. The van der Waals surface area contributed by atoms with Gasteiger partial charge in [-0.2, -0.15) is 0 Å². The Morgan fingerprint density at radius 1 is 0.491 bits per heavy atom. The average Bonchev–Trinajstić information content (AvgIpc) is 3.60. The monoisotopic (exact) mass is 726 g/mol. The van der Waals surface area contributed by atoms with Crippen molar-refractivity contribution in [2.45, 2.75) is 19.3 Å².